The first kappa shape index (κ1) is 20.9. The minimum Gasteiger partial charge on any atom is -0.497 e. The molecular formula is C26H25N5O2. The van der Waals surface area contributed by atoms with Gasteiger partial charge in [0.15, 0.2) is 5.82 Å². The van der Waals surface area contributed by atoms with E-state index in [0.29, 0.717) is 37.6 Å². The number of aryl methyl sites for hydroxylation is 1. The Morgan fingerprint density at radius 1 is 0.939 bits per heavy atom. The topological polar surface area (TPSA) is 71.5 Å². The lowest BCUT2D eigenvalue weighted by atomic mass is 10.1. The zero-order valence-electron chi connectivity index (χ0n) is 18.7. The van der Waals surface area contributed by atoms with Crippen molar-refractivity contribution in [1.82, 2.24) is 19.9 Å². The summed E-state index contributed by atoms with van der Waals surface area (Å²) in [6.07, 6.45) is 1.79. The quantitative estimate of drug-likeness (QED) is 0.479. The highest BCUT2D eigenvalue weighted by Crippen LogP contribution is 2.24. The van der Waals surface area contributed by atoms with E-state index in [2.05, 4.69) is 14.9 Å². The zero-order chi connectivity index (χ0) is 22.8. The van der Waals surface area contributed by atoms with Crippen LogP contribution in [0.3, 0.4) is 0 Å². The lowest BCUT2D eigenvalue weighted by Crippen LogP contribution is -2.49. The number of hydrogen-bond donors (Lipinski definition) is 0. The highest BCUT2D eigenvalue weighted by molar-refractivity contribution is 5.99. The van der Waals surface area contributed by atoms with E-state index < -0.39 is 0 Å². The molecule has 0 unspecified atom stereocenters. The summed E-state index contributed by atoms with van der Waals surface area (Å²) in [5.74, 6) is 2.37. The number of ether oxygens (including phenoxy) is 1. The van der Waals surface area contributed by atoms with E-state index >= 15 is 0 Å². The molecule has 2 aromatic carbocycles. The molecule has 0 aliphatic carbocycles. The van der Waals surface area contributed by atoms with Gasteiger partial charge >= 0.3 is 0 Å². The molecule has 0 spiro atoms. The second-order valence-electron chi connectivity index (χ2n) is 8.06. The minimum absolute atomic E-state index is 0.0185. The first-order chi connectivity index (χ1) is 16.1. The Kier molecular flexibility index (Phi) is 5.60. The van der Waals surface area contributed by atoms with Gasteiger partial charge in [0.1, 0.15) is 11.6 Å². The number of aromatic nitrogens is 3. The first-order valence-electron chi connectivity index (χ1n) is 11.0. The van der Waals surface area contributed by atoms with Gasteiger partial charge < -0.3 is 14.5 Å². The van der Waals surface area contributed by atoms with Crippen LogP contribution in [-0.4, -0.2) is 59.0 Å². The van der Waals surface area contributed by atoms with Crippen molar-refractivity contribution in [2.45, 2.75) is 6.92 Å². The maximum absolute atomic E-state index is 13.3. The van der Waals surface area contributed by atoms with Crippen LogP contribution in [-0.2, 0) is 0 Å². The number of pyridine rings is 1. The number of fused-ring (bicyclic) bond motifs is 1. The van der Waals surface area contributed by atoms with Crippen molar-refractivity contribution in [3.8, 4) is 17.1 Å². The van der Waals surface area contributed by atoms with E-state index in [0.717, 1.165) is 33.7 Å². The number of rotatable bonds is 4. The predicted molar refractivity (Wildman–Crippen MR) is 129 cm³/mol. The van der Waals surface area contributed by atoms with E-state index in [1.54, 1.807) is 13.3 Å². The van der Waals surface area contributed by atoms with Crippen molar-refractivity contribution in [1.29, 1.82) is 0 Å². The molecular weight excluding hydrogens is 414 g/mol. The number of anilines is 1. The summed E-state index contributed by atoms with van der Waals surface area (Å²) in [6, 6.07) is 19.5. The molecule has 5 rings (SSSR count). The summed E-state index contributed by atoms with van der Waals surface area (Å²) in [6.45, 7) is 4.57. The van der Waals surface area contributed by atoms with Crippen LogP contribution < -0.4 is 9.64 Å². The third-order valence-corrected chi connectivity index (χ3v) is 6.01. The molecule has 7 nitrogen and oxygen atoms in total. The van der Waals surface area contributed by atoms with Crippen LogP contribution >= 0.6 is 0 Å². The Labute approximate surface area is 192 Å². The Morgan fingerprint density at radius 2 is 1.73 bits per heavy atom. The third-order valence-electron chi connectivity index (χ3n) is 6.01. The fraction of sp³-hybridized carbons (Fsp3) is 0.231. The number of benzene rings is 2. The Hall–Kier alpha value is -4.00. The van der Waals surface area contributed by atoms with Gasteiger partial charge in [0.25, 0.3) is 5.91 Å². The molecule has 0 N–H and O–H groups in total. The number of amides is 1. The molecule has 1 aliphatic rings. The van der Waals surface area contributed by atoms with Crippen LogP contribution in [0.25, 0.3) is 22.3 Å². The fourth-order valence-electron chi connectivity index (χ4n) is 4.15. The minimum atomic E-state index is 0.0185. The maximum Gasteiger partial charge on any atom is 0.255 e. The average molecular weight is 440 g/mol. The van der Waals surface area contributed by atoms with Gasteiger partial charge in [0.2, 0.25) is 0 Å². The summed E-state index contributed by atoms with van der Waals surface area (Å²) in [5.41, 5.74) is 3.19. The van der Waals surface area contributed by atoms with Gasteiger partial charge in [-0.25, -0.2) is 9.97 Å². The van der Waals surface area contributed by atoms with Gasteiger partial charge in [0.05, 0.1) is 23.9 Å². The molecule has 4 aromatic rings. The zero-order valence-corrected chi connectivity index (χ0v) is 18.7. The van der Waals surface area contributed by atoms with Gasteiger partial charge in [-0.15, -0.1) is 0 Å². The maximum atomic E-state index is 13.3. The largest absolute Gasteiger partial charge is 0.497 e. The monoisotopic (exact) mass is 439 g/mol. The first-order valence-corrected chi connectivity index (χ1v) is 11.0. The van der Waals surface area contributed by atoms with Crippen molar-refractivity contribution in [3.05, 3.63) is 78.1 Å². The normalized spacial score (nSPS) is 13.9. The van der Waals surface area contributed by atoms with E-state index in [9.17, 15) is 4.79 Å². The molecule has 0 bridgehead atoms. The van der Waals surface area contributed by atoms with Gasteiger partial charge in [-0.3, -0.25) is 9.78 Å². The highest BCUT2D eigenvalue weighted by atomic mass is 16.5. The Morgan fingerprint density at radius 3 is 2.48 bits per heavy atom. The van der Waals surface area contributed by atoms with Crippen LogP contribution in [0.2, 0.25) is 0 Å². The van der Waals surface area contributed by atoms with Crippen LogP contribution in [0.5, 0.6) is 5.75 Å². The van der Waals surface area contributed by atoms with Crippen LogP contribution in [0.4, 0.5) is 5.82 Å². The molecule has 2 aromatic heterocycles. The average Bonchev–Trinajstić information content (AvgIpc) is 2.88. The molecule has 0 saturated carbocycles. The van der Waals surface area contributed by atoms with E-state index in [1.165, 1.54) is 0 Å². The molecule has 33 heavy (non-hydrogen) atoms. The second-order valence-corrected chi connectivity index (χ2v) is 8.06. The summed E-state index contributed by atoms with van der Waals surface area (Å²) < 4.78 is 5.29. The molecule has 1 saturated heterocycles. The third kappa shape index (κ3) is 4.22. The van der Waals surface area contributed by atoms with Crippen LogP contribution in [0.15, 0.2) is 66.9 Å². The number of methoxy groups -OCH3 is 1. The number of piperazine rings is 1. The summed E-state index contributed by atoms with van der Waals surface area (Å²) in [4.78, 5) is 31.2. The molecule has 0 atom stereocenters. The predicted octanol–water partition coefficient (Wildman–Crippen LogP) is 3.97. The fourth-order valence-corrected chi connectivity index (χ4v) is 4.15. The number of nitrogens with zero attached hydrogens (tertiary/aromatic N) is 5. The van der Waals surface area contributed by atoms with Crippen molar-refractivity contribution < 1.29 is 9.53 Å². The van der Waals surface area contributed by atoms with Gasteiger partial charge in [-0.1, -0.05) is 30.3 Å². The smallest absolute Gasteiger partial charge is 0.255 e. The van der Waals surface area contributed by atoms with E-state index in [1.807, 2.05) is 72.5 Å². The van der Waals surface area contributed by atoms with Crippen molar-refractivity contribution in [2.24, 2.45) is 0 Å². The molecule has 1 fully saturated rings. The lowest BCUT2D eigenvalue weighted by Gasteiger charge is -2.35. The summed E-state index contributed by atoms with van der Waals surface area (Å²) in [7, 11) is 1.63. The number of carbonyl (C=O) groups excluding carboxylic acids is 1. The standard InChI is InChI=1S/C26H25N5O2/c1-18-22(16-20-8-9-21(33-2)17-23(20)28-18)26(32)31-14-12-30(13-15-31)24-10-11-27-25(29-24)19-6-4-3-5-7-19/h3-11,16-17H,12-15H2,1-2H3. The Bertz CT molecular complexity index is 1300. The molecule has 166 valence electrons. The second kappa shape index (κ2) is 8.86. The van der Waals surface area contributed by atoms with Crippen molar-refractivity contribution in [3.63, 3.8) is 0 Å². The SMILES string of the molecule is COc1ccc2cc(C(=O)N3CCN(c4ccnc(-c5ccccc5)n4)CC3)c(C)nc2c1. The highest BCUT2D eigenvalue weighted by Gasteiger charge is 2.25. The molecule has 1 amide bonds. The number of carbonyl (C=O) groups is 1. The number of hydrogen-bond acceptors (Lipinski definition) is 6. The van der Waals surface area contributed by atoms with Crippen molar-refractivity contribution in [2.75, 3.05) is 38.2 Å². The lowest BCUT2D eigenvalue weighted by molar-refractivity contribution is 0.0745. The van der Waals surface area contributed by atoms with E-state index in [-0.39, 0.29) is 5.91 Å². The molecule has 0 radical (unpaired) electrons. The van der Waals surface area contributed by atoms with Crippen LogP contribution in [0.1, 0.15) is 16.1 Å². The van der Waals surface area contributed by atoms with Crippen molar-refractivity contribution >= 4 is 22.6 Å². The van der Waals surface area contributed by atoms with E-state index in [4.69, 9.17) is 9.72 Å². The van der Waals surface area contributed by atoms with Gasteiger partial charge in [0, 0.05) is 49.4 Å². The molecule has 7 heteroatoms. The molecule has 1 aliphatic heterocycles. The van der Waals surface area contributed by atoms with Gasteiger partial charge in [-0.05, 0) is 31.2 Å². The van der Waals surface area contributed by atoms with Gasteiger partial charge in [-0.2, -0.15) is 0 Å². The molecule has 3 heterocycles. The summed E-state index contributed by atoms with van der Waals surface area (Å²) in [5, 5.41) is 0.929. The van der Waals surface area contributed by atoms with Crippen LogP contribution in [0, 0.1) is 6.92 Å². The summed E-state index contributed by atoms with van der Waals surface area (Å²) >= 11 is 0. The Balaban J connectivity index is 1.30.